The monoisotopic (exact) mass is 244 g/mol. The zero-order valence-electron chi connectivity index (χ0n) is 11.1. The van der Waals surface area contributed by atoms with Gasteiger partial charge in [-0.15, -0.1) is 0 Å². The molecule has 0 radical (unpaired) electrons. The Bertz CT molecular complexity index is 443. The molecule has 3 aliphatic rings. The van der Waals surface area contributed by atoms with Gasteiger partial charge in [-0.25, -0.2) is 0 Å². The maximum atomic E-state index is 12.5. The van der Waals surface area contributed by atoms with Crippen molar-refractivity contribution in [3.8, 4) is 0 Å². The molecule has 0 amide bonds. The van der Waals surface area contributed by atoms with Gasteiger partial charge in [0.15, 0.2) is 5.78 Å². The highest BCUT2D eigenvalue weighted by molar-refractivity contribution is 6.02. The molecule has 0 spiro atoms. The zero-order valence-corrected chi connectivity index (χ0v) is 11.1. The van der Waals surface area contributed by atoms with E-state index in [0.29, 0.717) is 17.3 Å². The van der Waals surface area contributed by atoms with Gasteiger partial charge in [-0.05, 0) is 38.5 Å². The third-order valence-corrected chi connectivity index (χ3v) is 4.87. The van der Waals surface area contributed by atoms with E-state index in [1.807, 2.05) is 37.3 Å². The molecule has 3 fully saturated rings. The van der Waals surface area contributed by atoms with Crippen LogP contribution in [0.2, 0.25) is 0 Å². The predicted octanol–water partition coefficient (Wildman–Crippen LogP) is 3.46. The summed E-state index contributed by atoms with van der Waals surface area (Å²) in [7, 11) is 0. The van der Waals surface area contributed by atoms with Crippen LogP contribution in [0.5, 0.6) is 0 Å². The molecule has 0 aromatic heterocycles. The number of ketones is 1. The first-order valence-corrected chi connectivity index (χ1v) is 6.83. The fraction of sp³-hybridized carbons (Fsp3) is 0.562. The van der Waals surface area contributed by atoms with Gasteiger partial charge in [0.1, 0.15) is 0 Å². The van der Waals surface area contributed by atoms with Crippen molar-refractivity contribution in [2.24, 2.45) is 10.8 Å². The highest BCUT2D eigenvalue weighted by Gasteiger charge is 2.72. The lowest BCUT2D eigenvalue weighted by Crippen LogP contribution is -2.69. The normalized spacial score (nSPS) is 34.3. The van der Waals surface area contributed by atoms with Crippen LogP contribution < -0.4 is 0 Å². The van der Waals surface area contributed by atoms with E-state index in [2.05, 4.69) is 6.92 Å². The fourth-order valence-corrected chi connectivity index (χ4v) is 3.86. The molecule has 3 saturated carbocycles. The summed E-state index contributed by atoms with van der Waals surface area (Å²) in [6.45, 7) is 4.95. The van der Waals surface area contributed by atoms with Crippen LogP contribution in [-0.4, -0.2) is 18.5 Å². The van der Waals surface area contributed by atoms with Crippen LogP contribution in [0.3, 0.4) is 0 Å². The lowest BCUT2D eigenvalue weighted by atomic mass is 9.32. The van der Waals surface area contributed by atoms with Gasteiger partial charge in [-0.2, -0.15) is 0 Å². The average molecular weight is 244 g/mol. The van der Waals surface area contributed by atoms with Gasteiger partial charge in [0.05, 0.1) is 6.10 Å². The number of hydrogen-bond donors (Lipinski definition) is 0. The largest absolute Gasteiger partial charge is 0.378 e. The molecule has 1 aromatic carbocycles. The van der Waals surface area contributed by atoms with Gasteiger partial charge in [-0.1, -0.05) is 30.3 Å². The summed E-state index contributed by atoms with van der Waals surface area (Å²) < 4.78 is 5.71. The maximum absolute atomic E-state index is 12.5. The van der Waals surface area contributed by atoms with E-state index < -0.39 is 0 Å². The van der Waals surface area contributed by atoms with Crippen LogP contribution in [0.15, 0.2) is 30.3 Å². The number of benzene rings is 1. The van der Waals surface area contributed by atoms with E-state index in [4.69, 9.17) is 4.74 Å². The molecule has 96 valence electrons. The number of carbonyl (C=O) groups is 1. The summed E-state index contributed by atoms with van der Waals surface area (Å²) in [5.74, 6) is 0.341. The molecule has 0 aliphatic heterocycles. The molecule has 1 aromatic rings. The lowest BCUT2D eigenvalue weighted by Gasteiger charge is -2.71. The van der Waals surface area contributed by atoms with Crippen LogP contribution in [0.25, 0.3) is 0 Å². The van der Waals surface area contributed by atoms with Gasteiger partial charge >= 0.3 is 0 Å². The Hall–Kier alpha value is -1.15. The third kappa shape index (κ3) is 1.48. The Morgan fingerprint density at radius 1 is 1.28 bits per heavy atom. The summed E-state index contributed by atoms with van der Waals surface area (Å²) in [6, 6.07) is 9.70. The van der Waals surface area contributed by atoms with Crippen molar-refractivity contribution in [1.82, 2.24) is 0 Å². The van der Waals surface area contributed by atoms with Gasteiger partial charge < -0.3 is 4.74 Å². The van der Waals surface area contributed by atoms with E-state index in [0.717, 1.165) is 31.4 Å². The van der Waals surface area contributed by atoms with E-state index >= 15 is 0 Å². The highest BCUT2D eigenvalue weighted by Crippen LogP contribution is 2.75. The first-order valence-electron chi connectivity index (χ1n) is 6.83. The van der Waals surface area contributed by atoms with E-state index in [1.165, 1.54) is 0 Å². The Morgan fingerprint density at radius 3 is 2.44 bits per heavy atom. The highest BCUT2D eigenvalue weighted by atomic mass is 16.5. The standard InChI is InChI=1S/C16H20O2/c1-3-18-12(2)15-9-16(10-15,11-15)14(17)13-7-5-4-6-8-13/h4-8,12H,3,9-11H2,1-2H3. The second-order valence-electron chi connectivity index (χ2n) is 5.97. The van der Waals surface area contributed by atoms with Crippen molar-refractivity contribution in [3.05, 3.63) is 35.9 Å². The second-order valence-corrected chi connectivity index (χ2v) is 5.97. The topological polar surface area (TPSA) is 26.3 Å². The average Bonchev–Trinajstić information content (AvgIpc) is 2.27. The molecular weight excluding hydrogens is 224 g/mol. The molecule has 1 unspecified atom stereocenters. The van der Waals surface area contributed by atoms with E-state index in [-0.39, 0.29) is 5.41 Å². The Balaban J connectivity index is 1.68. The third-order valence-electron chi connectivity index (χ3n) is 4.87. The van der Waals surface area contributed by atoms with Crippen molar-refractivity contribution < 1.29 is 9.53 Å². The fourth-order valence-electron chi connectivity index (χ4n) is 3.86. The first kappa shape index (κ1) is 11.9. The molecule has 18 heavy (non-hydrogen) atoms. The molecule has 4 rings (SSSR count). The number of rotatable bonds is 5. The van der Waals surface area contributed by atoms with Gasteiger partial charge in [-0.3, -0.25) is 4.79 Å². The van der Waals surface area contributed by atoms with Crippen LogP contribution >= 0.6 is 0 Å². The van der Waals surface area contributed by atoms with E-state index in [1.54, 1.807) is 0 Å². The van der Waals surface area contributed by atoms with Gasteiger partial charge in [0.25, 0.3) is 0 Å². The van der Waals surface area contributed by atoms with Gasteiger partial charge in [0.2, 0.25) is 0 Å². The summed E-state index contributed by atoms with van der Waals surface area (Å²) in [5.41, 5.74) is 1.13. The Kier molecular flexibility index (Phi) is 2.60. The SMILES string of the molecule is CCOC(C)C12CC(C(=O)c3ccccc3)(C1)C2. The number of Topliss-reactive ketones (excluding diaryl/α,β-unsaturated/α-hetero) is 1. The van der Waals surface area contributed by atoms with Crippen LogP contribution in [0.1, 0.15) is 43.5 Å². The van der Waals surface area contributed by atoms with Crippen molar-refractivity contribution >= 4 is 5.78 Å². The molecule has 2 nitrogen and oxygen atoms in total. The minimum atomic E-state index is -0.0489. The van der Waals surface area contributed by atoms with Crippen LogP contribution in [0.4, 0.5) is 0 Å². The summed E-state index contributed by atoms with van der Waals surface area (Å²) in [5, 5.41) is 0. The number of carbonyl (C=O) groups excluding carboxylic acids is 1. The second kappa shape index (κ2) is 3.92. The van der Waals surface area contributed by atoms with E-state index in [9.17, 15) is 4.79 Å². The molecule has 2 bridgehead atoms. The maximum Gasteiger partial charge on any atom is 0.169 e. The van der Waals surface area contributed by atoms with Crippen LogP contribution in [-0.2, 0) is 4.74 Å². The zero-order chi connectivity index (χ0) is 12.8. The molecule has 0 saturated heterocycles. The molecule has 3 aliphatic carbocycles. The molecule has 2 heteroatoms. The first-order chi connectivity index (χ1) is 8.62. The quantitative estimate of drug-likeness (QED) is 0.741. The smallest absolute Gasteiger partial charge is 0.169 e. The number of ether oxygens (including phenoxy) is 1. The van der Waals surface area contributed by atoms with Crippen molar-refractivity contribution in [1.29, 1.82) is 0 Å². The minimum absolute atomic E-state index is 0.0489. The van der Waals surface area contributed by atoms with Gasteiger partial charge in [0, 0.05) is 17.6 Å². The van der Waals surface area contributed by atoms with Crippen molar-refractivity contribution in [2.45, 2.75) is 39.2 Å². The summed E-state index contributed by atoms with van der Waals surface area (Å²) in [6.07, 6.45) is 3.37. The van der Waals surface area contributed by atoms with Crippen molar-refractivity contribution in [3.63, 3.8) is 0 Å². The van der Waals surface area contributed by atoms with Crippen LogP contribution in [0, 0.1) is 10.8 Å². The predicted molar refractivity (Wildman–Crippen MR) is 70.6 cm³/mol. The molecule has 0 N–H and O–H groups in total. The molecular formula is C16H20O2. The summed E-state index contributed by atoms with van der Waals surface area (Å²) in [4.78, 5) is 12.5. The minimum Gasteiger partial charge on any atom is -0.378 e. The molecule has 0 heterocycles. The number of hydrogen-bond acceptors (Lipinski definition) is 2. The van der Waals surface area contributed by atoms with Crippen molar-refractivity contribution in [2.75, 3.05) is 6.61 Å². The lowest BCUT2D eigenvalue weighted by molar-refractivity contribution is -0.232. The Labute approximate surface area is 108 Å². The Morgan fingerprint density at radius 2 is 1.89 bits per heavy atom. The summed E-state index contributed by atoms with van der Waals surface area (Å²) >= 11 is 0. The molecule has 1 atom stereocenters.